The number of nitrogens with zero attached hydrogens (tertiary/aromatic N) is 2. The SMILES string of the molecule is Cc1cc(C)c(N2CCN=C2c2ccccc2O)c(C)c1.Cl. The predicted octanol–water partition coefficient (Wildman–Crippen LogP) is 4.01. The van der Waals surface area contributed by atoms with Gasteiger partial charge in [-0.3, -0.25) is 4.99 Å². The smallest absolute Gasteiger partial charge is 0.139 e. The van der Waals surface area contributed by atoms with E-state index in [1.54, 1.807) is 6.07 Å². The van der Waals surface area contributed by atoms with Crippen LogP contribution in [0.4, 0.5) is 5.69 Å². The van der Waals surface area contributed by atoms with Gasteiger partial charge in [0.15, 0.2) is 0 Å². The first kappa shape index (κ1) is 16.4. The summed E-state index contributed by atoms with van der Waals surface area (Å²) in [5.41, 5.74) is 5.78. The van der Waals surface area contributed by atoms with Crippen molar-refractivity contribution in [2.45, 2.75) is 20.8 Å². The highest BCUT2D eigenvalue weighted by molar-refractivity contribution is 6.13. The zero-order valence-electron chi connectivity index (χ0n) is 13.1. The molecule has 3 rings (SSSR count). The Morgan fingerprint density at radius 2 is 1.68 bits per heavy atom. The van der Waals surface area contributed by atoms with Crippen molar-refractivity contribution in [3.63, 3.8) is 0 Å². The van der Waals surface area contributed by atoms with Crippen molar-refractivity contribution in [2.24, 2.45) is 4.99 Å². The molecule has 0 saturated carbocycles. The second kappa shape index (κ2) is 6.41. The minimum atomic E-state index is 0. The Hall–Kier alpha value is -2.00. The number of hydrogen-bond acceptors (Lipinski definition) is 3. The molecule has 0 fully saturated rings. The van der Waals surface area contributed by atoms with Crippen molar-refractivity contribution >= 4 is 23.9 Å². The van der Waals surface area contributed by atoms with E-state index in [1.807, 2.05) is 18.2 Å². The molecule has 1 aliphatic heterocycles. The maximum absolute atomic E-state index is 10.1. The molecule has 1 aliphatic rings. The van der Waals surface area contributed by atoms with Crippen LogP contribution in [0.3, 0.4) is 0 Å². The molecule has 0 aromatic heterocycles. The molecule has 3 nitrogen and oxygen atoms in total. The van der Waals surface area contributed by atoms with Gasteiger partial charge in [-0.1, -0.05) is 29.8 Å². The summed E-state index contributed by atoms with van der Waals surface area (Å²) < 4.78 is 0. The van der Waals surface area contributed by atoms with Gasteiger partial charge >= 0.3 is 0 Å². The average Bonchev–Trinajstić information content (AvgIpc) is 2.87. The first-order chi connectivity index (χ1) is 10.1. The number of rotatable bonds is 2. The van der Waals surface area contributed by atoms with Crippen LogP contribution in [0.1, 0.15) is 22.3 Å². The molecule has 0 saturated heterocycles. The van der Waals surface area contributed by atoms with Crippen LogP contribution in [0, 0.1) is 20.8 Å². The van der Waals surface area contributed by atoms with E-state index in [-0.39, 0.29) is 18.2 Å². The van der Waals surface area contributed by atoms with E-state index in [9.17, 15) is 5.11 Å². The number of amidine groups is 1. The van der Waals surface area contributed by atoms with E-state index < -0.39 is 0 Å². The molecule has 0 aliphatic carbocycles. The molecule has 0 amide bonds. The van der Waals surface area contributed by atoms with Crippen LogP contribution < -0.4 is 4.90 Å². The quantitative estimate of drug-likeness (QED) is 0.908. The third kappa shape index (κ3) is 2.81. The highest BCUT2D eigenvalue weighted by Gasteiger charge is 2.24. The fourth-order valence-electron chi connectivity index (χ4n) is 3.16. The number of phenolic OH excluding ortho intramolecular Hbond substituents is 1. The van der Waals surface area contributed by atoms with Gasteiger partial charge < -0.3 is 10.0 Å². The van der Waals surface area contributed by atoms with Gasteiger partial charge in [-0.2, -0.15) is 0 Å². The highest BCUT2D eigenvalue weighted by Crippen LogP contribution is 2.31. The third-order valence-corrected chi connectivity index (χ3v) is 3.89. The average molecular weight is 317 g/mol. The lowest BCUT2D eigenvalue weighted by Gasteiger charge is -2.25. The van der Waals surface area contributed by atoms with Gasteiger partial charge in [0.2, 0.25) is 0 Å². The summed E-state index contributed by atoms with van der Waals surface area (Å²) in [5, 5.41) is 10.1. The number of halogens is 1. The lowest BCUT2D eigenvalue weighted by atomic mass is 10.0. The summed E-state index contributed by atoms with van der Waals surface area (Å²) >= 11 is 0. The van der Waals surface area contributed by atoms with Crippen molar-refractivity contribution in [2.75, 3.05) is 18.0 Å². The van der Waals surface area contributed by atoms with Gasteiger partial charge in [0, 0.05) is 12.2 Å². The van der Waals surface area contributed by atoms with E-state index >= 15 is 0 Å². The molecule has 0 bridgehead atoms. The summed E-state index contributed by atoms with van der Waals surface area (Å²) in [6.45, 7) is 8.00. The minimum Gasteiger partial charge on any atom is -0.507 e. The molecule has 1 N–H and O–H groups in total. The van der Waals surface area contributed by atoms with Crippen molar-refractivity contribution in [1.29, 1.82) is 0 Å². The predicted molar refractivity (Wildman–Crippen MR) is 94.8 cm³/mol. The maximum atomic E-state index is 10.1. The van der Waals surface area contributed by atoms with Crippen molar-refractivity contribution in [1.82, 2.24) is 0 Å². The molecule has 0 atom stereocenters. The molecule has 116 valence electrons. The van der Waals surface area contributed by atoms with E-state index in [0.29, 0.717) is 0 Å². The van der Waals surface area contributed by atoms with Gasteiger partial charge in [0.1, 0.15) is 11.6 Å². The van der Waals surface area contributed by atoms with Gasteiger partial charge in [-0.05, 0) is 44.0 Å². The molecule has 1 heterocycles. The minimum absolute atomic E-state index is 0. The highest BCUT2D eigenvalue weighted by atomic mass is 35.5. The number of anilines is 1. The Labute approximate surface area is 137 Å². The number of hydrogen-bond donors (Lipinski definition) is 1. The summed E-state index contributed by atoms with van der Waals surface area (Å²) in [4.78, 5) is 6.83. The fourth-order valence-corrected chi connectivity index (χ4v) is 3.16. The van der Waals surface area contributed by atoms with Gasteiger partial charge in [-0.25, -0.2) is 0 Å². The van der Waals surface area contributed by atoms with Crippen LogP contribution in [0.25, 0.3) is 0 Å². The lowest BCUT2D eigenvalue weighted by molar-refractivity contribution is 0.474. The van der Waals surface area contributed by atoms with Gasteiger partial charge in [0.25, 0.3) is 0 Å². The van der Waals surface area contributed by atoms with Crippen molar-refractivity contribution in [3.05, 3.63) is 58.7 Å². The number of aryl methyl sites for hydroxylation is 3. The lowest BCUT2D eigenvalue weighted by Crippen LogP contribution is -2.29. The van der Waals surface area contributed by atoms with Crippen LogP contribution in [0.15, 0.2) is 41.4 Å². The van der Waals surface area contributed by atoms with Crippen molar-refractivity contribution < 1.29 is 5.11 Å². The Kier molecular flexibility index (Phi) is 4.77. The fraction of sp³-hybridized carbons (Fsp3) is 0.278. The molecule has 22 heavy (non-hydrogen) atoms. The van der Waals surface area contributed by atoms with E-state index in [4.69, 9.17) is 0 Å². The van der Waals surface area contributed by atoms with Crippen LogP contribution in [-0.4, -0.2) is 24.0 Å². The van der Waals surface area contributed by atoms with Gasteiger partial charge in [-0.15, -0.1) is 12.4 Å². The molecule has 4 heteroatoms. The number of phenols is 1. The third-order valence-electron chi connectivity index (χ3n) is 3.89. The summed E-state index contributed by atoms with van der Waals surface area (Å²) in [5.74, 6) is 1.15. The summed E-state index contributed by atoms with van der Waals surface area (Å²) in [7, 11) is 0. The molecular formula is C18H21ClN2O. The Bertz CT molecular complexity index is 702. The van der Waals surface area contributed by atoms with Crippen molar-refractivity contribution in [3.8, 4) is 5.75 Å². The monoisotopic (exact) mass is 316 g/mol. The van der Waals surface area contributed by atoms with E-state index in [1.165, 1.54) is 22.4 Å². The van der Waals surface area contributed by atoms with Crippen LogP contribution in [-0.2, 0) is 0 Å². The van der Waals surface area contributed by atoms with Crippen LogP contribution >= 0.6 is 12.4 Å². The number of benzene rings is 2. The first-order valence-electron chi connectivity index (χ1n) is 7.26. The Morgan fingerprint density at radius 3 is 2.32 bits per heavy atom. The topological polar surface area (TPSA) is 35.8 Å². The second-order valence-electron chi connectivity index (χ2n) is 5.62. The standard InChI is InChI=1S/C18H20N2O.ClH/c1-12-10-13(2)17(14(3)11-12)20-9-8-19-18(20)15-6-4-5-7-16(15)21;/h4-7,10-11,21H,8-9H2,1-3H3;1H. The molecular weight excluding hydrogens is 296 g/mol. The zero-order chi connectivity index (χ0) is 15.0. The Morgan fingerprint density at radius 1 is 1.05 bits per heavy atom. The largest absolute Gasteiger partial charge is 0.507 e. The summed E-state index contributed by atoms with van der Waals surface area (Å²) in [6, 6.07) is 11.8. The molecule has 0 spiro atoms. The van der Waals surface area contributed by atoms with E-state index in [2.05, 4.69) is 42.8 Å². The number of aliphatic imine (C=N–C) groups is 1. The van der Waals surface area contributed by atoms with E-state index in [0.717, 1.165) is 24.5 Å². The molecule has 0 unspecified atom stereocenters. The maximum Gasteiger partial charge on any atom is 0.139 e. The molecule has 2 aromatic carbocycles. The second-order valence-corrected chi connectivity index (χ2v) is 5.62. The number of para-hydroxylation sites is 1. The van der Waals surface area contributed by atoms with Gasteiger partial charge in [0.05, 0.1) is 12.1 Å². The Balaban J connectivity index is 0.00000176. The van der Waals surface area contributed by atoms with Crippen LogP contribution in [0.5, 0.6) is 5.75 Å². The zero-order valence-corrected chi connectivity index (χ0v) is 13.9. The van der Waals surface area contributed by atoms with Crippen LogP contribution in [0.2, 0.25) is 0 Å². The number of aromatic hydroxyl groups is 1. The summed E-state index contributed by atoms with van der Waals surface area (Å²) in [6.07, 6.45) is 0. The molecule has 0 radical (unpaired) electrons. The first-order valence-corrected chi connectivity index (χ1v) is 7.26. The normalized spacial score (nSPS) is 13.8. The molecule has 2 aromatic rings.